The van der Waals surface area contributed by atoms with Crippen molar-refractivity contribution in [3.05, 3.63) is 59.5 Å². The number of benzene rings is 1. The normalized spacial score (nSPS) is 23.6. The third-order valence-electron chi connectivity index (χ3n) is 7.45. The van der Waals surface area contributed by atoms with Gasteiger partial charge in [0.25, 0.3) is 5.91 Å². The van der Waals surface area contributed by atoms with E-state index in [2.05, 4.69) is 39.9 Å². The molecular formula is C26H30ClN5O3. The number of amides is 1. The Hall–Kier alpha value is -2.78. The van der Waals surface area contributed by atoms with Crippen LogP contribution in [0.25, 0.3) is 16.3 Å². The van der Waals surface area contributed by atoms with Gasteiger partial charge in [0.05, 0.1) is 31.1 Å². The van der Waals surface area contributed by atoms with E-state index in [1.807, 2.05) is 12.1 Å². The molecule has 1 aromatic carbocycles. The summed E-state index contributed by atoms with van der Waals surface area (Å²) in [7, 11) is 1.79. The number of anilines is 1. The first kappa shape index (κ1) is 23.9. The summed E-state index contributed by atoms with van der Waals surface area (Å²) in [4.78, 5) is 19.4. The number of likely N-dealkylation sites (tertiary alicyclic amines) is 1. The number of rotatable bonds is 5. The Morgan fingerprint density at radius 1 is 1.26 bits per heavy atom. The predicted molar refractivity (Wildman–Crippen MR) is 136 cm³/mol. The molecule has 2 N–H and O–H groups in total. The first-order valence-corrected chi connectivity index (χ1v) is 12.2. The minimum absolute atomic E-state index is 0.321. The van der Waals surface area contributed by atoms with Crippen LogP contribution in [0.1, 0.15) is 36.8 Å². The number of aliphatic hydroxyl groups is 1. The van der Waals surface area contributed by atoms with E-state index in [9.17, 15) is 9.90 Å². The highest BCUT2D eigenvalue weighted by atomic mass is 35.5. The molecule has 0 saturated carbocycles. The van der Waals surface area contributed by atoms with Crippen LogP contribution in [-0.2, 0) is 16.6 Å². The third kappa shape index (κ3) is 4.59. The topological polar surface area (TPSA) is 92.5 Å². The number of nitrogens with zero attached hydrogens (tertiary/aromatic N) is 4. The fourth-order valence-electron chi connectivity index (χ4n) is 5.12. The summed E-state index contributed by atoms with van der Waals surface area (Å²) in [5.74, 6) is 0.458. The molecule has 2 saturated heterocycles. The second-order valence-corrected chi connectivity index (χ2v) is 10.2. The van der Waals surface area contributed by atoms with Gasteiger partial charge in [0.2, 0.25) is 0 Å². The number of ether oxygens (including phenoxy) is 1. The van der Waals surface area contributed by atoms with Gasteiger partial charge >= 0.3 is 0 Å². The number of hydrogen-bond donors (Lipinski definition) is 2. The Morgan fingerprint density at radius 3 is 2.69 bits per heavy atom. The predicted octanol–water partition coefficient (Wildman–Crippen LogP) is 3.60. The van der Waals surface area contributed by atoms with Crippen LogP contribution >= 0.6 is 11.6 Å². The number of piperidine rings is 1. The minimum atomic E-state index is -0.460. The number of aliphatic hydroxyl groups excluding tert-OH is 1. The van der Waals surface area contributed by atoms with Crippen molar-refractivity contribution in [2.75, 3.05) is 31.6 Å². The lowest BCUT2D eigenvalue weighted by molar-refractivity contribution is -0.111. The van der Waals surface area contributed by atoms with Gasteiger partial charge in [0.1, 0.15) is 5.82 Å². The molecule has 0 aliphatic carbocycles. The third-order valence-corrected chi connectivity index (χ3v) is 7.78. The van der Waals surface area contributed by atoms with E-state index in [1.165, 1.54) is 0 Å². The van der Waals surface area contributed by atoms with Crippen molar-refractivity contribution in [3.8, 4) is 0 Å². The number of nitrogens with one attached hydrogen (secondary N) is 1. The van der Waals surface area contributed by atoms with Gasteiger partial charge < -0.3 is 15.2 Å². The van der Waals surface area contributed by atoms with Crippen LogP contribution in [0.2, 0.25) is 5.02 Å². The quantitative estimate of drug-likeness (QED) is 0.525. The molecule has 2 fully saturated rings. The Kier molecular flexibility index (Phi) is 6.40. The molecule has 184 valence electrons. The van der Waals surface area contributed by atoms with E-state index in [4.69, 9.17) is 16.3 Å². The lowest BCUT2D eigenvalue weighted by Crippen LogP contribution is -2.56. The number of pyridine rings is 1. The zero-order valence-electron chi connectivity index (χ0n) is 20.0. The van der Waals surface area contributed by atoms with Gasteiger partial charge in [-0.1, -0.05) is 18.2 Å². The van der Waals surface area contributed by atoms with Crippen molar-refractivity contribution < 1.29 is 14.6 Å². The number of halogens is 1. The fourth-order valence-corrected chi connectivity index (χ4v) is 5.45. The van der Waals surface area contributed by atoms with Crippen LogP contribution < -0.4 is 5.32 Å². The molecule has 2 atom stereocenters. The lowest BCUT2D eigenvalue weighted by Gasteiger charge is -2.43. The standard InChI is InChI=1S/C26H30ClN5O3/c1-16(20-12-29-31(3)13-20)25(34)30-24-10-18-8-21(22(27)9-19(18)11-28-24)17-4-6-32(7-5-17)26(2)15-35-14-23(26)33/h8-13,17,23,33H,1,4-7,14-15H2,2-3H3,(H,28,30,34)/t23-,26+/m0/s1. The molecule has 0 bridgehead atoms. The van der Waals surface area contributed by atoms with Crippen molar-refractivity contribution in [2.45, 2.75) is 37.3 Å². The summed E-state index contributed by atoms with van der Waals surface area (Å²) in [5.41, 5.74) is 1.78. The SMILES string of the molecule is C=C(C(=O)Nc1cc2cc(C3CCN([C@]4(C)COC[C@@H]4O)CC3)c(Cl)cc2cn1)c1cnn(C)c1. The molecule has 4 heterocycles. The molecule has 9 heteroatoms. The number of carbonyl (C=O) groups is 1. The van der Waals surface area contributed by atoms with Crippen molar-refractivity contribution in [2.24, 2.45) is 7.05 Å². The van der Waals surface area contributed by atoms with E-state index in [1.54, 1.807) is 30.3 Å². The number of aromatic nitrogens is 3. The van der Waals surface area contributed by atoms with Crippen LogP contribution in [0.5, 0.6) is 0 Å². The average Bonchev–Trinajstić information content (AvgIpc) is 3.44. The molecule has 35 heavy (non-hydrogen) atoms. The van der Waals surface area contributed by atoms with Crippen molar-refractivity contribution in [3.63, 3.8) is 0 Å². The van der Waals surface area contributed by atoms with Gasteiger partial charge in [-0.2, -0.15) is 5.10 Å². The van der Waals surface area contributed by atoms with Gasteiger partial charge in [-0.3, -0.25) is 14.4 Å². The van der Waals surface area contributed by atoms with Crippen LogP contribution in [0.4, 0.5) is 5.82 Å². The Morgan fingerprint density at radius 2 is 2.03 bits per heavy atom. The van der Waals surface area contributed by atoms with E-state index >= 15 is 0 Å². The molecule has 8 nitrogen and oxygen atoms in total. The maximum Gasteiger partial charge on any atom is 0.256 e. The van der Waals surface area contributed by atoms with E-state index in [-0.39, 0.29) is 11.4 Å². The largest absolute Gasteiger partial charge is 0.389 e. The minimum Gasteiger partial charge on any atom is -0.389 e. The summed E-state index contributed by atoms with van der Waals surface area (Å²) >= 11 is 6.70. The van der Waals surface area contributed by atoms with Gasteiger partial charge in [0, 0.05) is 41.0 Å². The summed E-state index contributed by atoms with van der Waals surface area (Å²) in [5, 5.41) is 19.9. The van der Waals surface area contributed by atoms with Gasteiger partial charge in [0.15, 0.2) is 0 Å². The number of carbonyl (C=O) groups excluding carboxylic acids is 1. The first-order chi connectivity index (χ1) is 16.7. The summed E-state index contributed by atoms with van der Waals surface area (Å²) < 4.78 is 7.15. The number of fused-ring (bicyclic) bond motifs is 1. The van der Waals surface area contributed by atoms with E-state index < -0.39 is 6.10 Å². The van der Waals surface area contributed by atoms with Gasteiger partial charge in [-0.15, -0.1) is 0 Å². The highest BCUT2D eigenvalue weighted by Gasteiger charge is 2.45. The maximum absolute atomic E-state index is 12.7. The van der Waals surface area contributed by atoms with Crippen molar-refractivity contribution >= 4 is 39.7 Å². The smallest absolute Gasteiger partial charge is 0.256 e. The zero-order valence-corrected chi connectivity index (χ0v) is 20.8. The zero-order chi connectivity index (χ0) is 24.7. The van der Waals surface area contributed by atoms with Crippen LogP contribution in [-0.4, -0.2) is 68.6 Å². The second-order valence-electron chi connectivity index (χ2n) is 9.78. The summed E-state index contributed by atoms with van der Waals surface area (Å²) in [6.45, 7) is 8.69. The number of aryl methyl sites for hydroxylation is 1. The molecule has 3 aromatic rings. The maximum atomic E-state index is 12.7. The van der Waals surface area contributed by atoms with Crippen LogP contribution in [0.15, 0.2) is 43.4 Å². The molecule has 2 aromatic heterocycles. The first-order valence-electron chi connectivity index (χ1n) is 11.8. The molecule has 0 radical (unpaired) electrons. The summed E-state index contributed by atoms with van der Waals surface area (Å²) in [6, 6.07) is 5.92. The molecule has 0 spiro atoms. The van der Waals surface area contributed by atoms with Crippen molar-refractivity contribution in [1.29, 1.82) is 0 Å². The van der Waals surface area contributed by atoms with Gasteiger partial charge in [-0.25, -0.2) is 4.98 Å². The van der Waals surface area contributed by atoms with E-state index in [0.29, 0.717) is 36.1 Å². The molecule has 0 unspecified atom stereocenters. The molecule has 2 aliphatic heterocycles. The molecular weight excluding hydrogens is 466 g/mol. The van der Waals surface area contributed by atoms with E-state index in [0.717, 1.165) is 47.3 Å². The second kappa shape index (κ2) is 9.35. The average molecular weight is 496 g/mol. The Labute approximate surface area is 209 Å². The Bertz CT molecular complexity index is 1280. The molecule has 2 aliphatic rings. The van der Waals surface area contributed by atoms with Gasteiger partial charge in [-0.05, 0) is 67.9 Å². The highest BCUT2D eigenvalue weighted by molar-refractivity contribution is 6.32. The monoisotopic (exact) mass is 495 g/mol. The highest BCUT2D eigenvalue weighted by Crippen LogP contribution is 2.38. The summed E-state index contributed by atoms with van der Waals surface area (Å²) in [6.07, 6.45) is 6.52. The lowest BCUT2D eigenvalue weighted by atomic mass is 9.85. The fraction of sp³-hybridized carbons (Fsp3) is 0.423. The van der Waals surface area contributed by atoms with Crippen LogP contribution in [0, 0.1) is 0 Å². The molecule has 1 amide bonds. The molecule has 5 rings (SSSR count). The van der Waals surface area contributed by atoms with Crippen molar-refractivity contribution in [1.82, 2.24) is 19.7 Å². The van der Waals surface area contributed by atoms with Crippen LogP contribution in [0.3, 0.4) is 0 Å². The Balaban J connectivity index is 1.31. The number of hydrogen-bond acceptors (Lipinski definition) is 6.